The van der Waals surface area contributed by atoms with E-state index in [-0.39, 0.29) is 5.60 Å². The van der Waals surface area contributed by atoms with E-state index < -0.39 is 6.10 Å². The minimum Gasteiger partial charge on any atom is -0.388 e. The number of aliphatic hydroxyl groups is 1. The van der Waals surface area contributed by atoms with Gasteiger partial charge in [-0.15, -0.1) is 11.3 Å². The summed E-state index contributed by atoms with van der Waals surface area (Å²) in [5.41, 5.74) is 0.574. The number of aromatic nitrogens is 1. The standard InChI is InChI=1S/C11H19NO2S/c1-6-11(4,14-5)10-12-7(2)9(15-10)8(3)13/h8,13H,6H2,1-5H3. The van der Waals surface area contributed by atoms with Crippen molar-refractivity contribution in [2.24, 2.45) is 0 Å². The van der Waals surface area contributed by atoms with Crippen LogP contribution in [-0.2, 0) is 10.3 Å². The van der Waals surface area contributed by atoms with Gasteiger partial charge in [-0.1, -0.05) is 6.92 Å². The lowest BCUT2D eigenvalue weighted by molar-refractivity contribution is -0.00163. The summed E-state index contributed by atoms with van der Waals surface area (Å²) in [4.78, 5) is 5.41. The number of methoxy groups -OCH3 is 1. The van der Waals surface area contributed by atoms with Gasteiger partial charge in [0.15, 0.2) is 0 Å². The van der Waals surface area contributed by atoms with Crippen LogP contribution in [0.1, 0.15) is 48.9 Å². The highest BCUT2D eigenvalue weighted by Gasteiger charge is 2.29. The number of hydrogen-bond donors (Lipinski definition) is 1. The quantitative estimate of drug-likeness (QED) is 0.863. The fourth-order valence-corrected chi connectivity index (χ4v) is 2.60. The SMILES string of the molecule is CCC(C)(OC)c1nc(C)c(C(C)O)s1. The first-order chi connectivity index (χ1) is 6.94. The Kier molecular flexibility index (Phi) is 3.87. The summed E-state index contributed by atoms with van der Waals surface area (Å²) in [6.45, 7) is 7.79. The van der Waals surface area contributed by atoms with Crippen LogP contribution in [0, 0.1) is 6.92 Å². The monoisotopic (exact) mass is 229 g/mol. The number of ether oxygens (including phenoxy) is 1. The Labute approximate surface area is 95.1 Å². The number of thiazole rings is 1. The van der Waals surface area contributed by atoms with E-state index in [9.17, 15) is 5.11 Å². The zero-order chi connectivity index (χ0) is 11.6. The van der Waals surface area contributed by atoms with Crippen LogP contribution in [-0.4, -0.2) is 17.2 Å². The summed E-state index contributed by atoms with van der Waals surface area (Å²) >= 11 is 1.54. The molecular weight excluding hydrogens is 210 g/mol. The molecule has 0 bridgehead atoms. The molecule has 0 aliphatic rings. The zero-order valence-electron chi connectivity index (χ0n) is 10.00. The maximum Gasteiger partial charge on any atom is 0.125 e. The topological polar surface area (TPSA) is 42.4 Å². The molecule has 0 saturated carbocycles. The summed E-state index contributed by atoms with van der Waals surface area (Å²) < 4.78 is 5.49. The molecule has 0 amide bonds. The van der Waals surface area contributed by atoms with Gasteiger partial charge in [-0.05, 0) is 27.2 Å². The molecular formula is C11H19NO2S. The Morgan fingerprint density at radius 2 is 2.20 bits per heavy atom. The smallest absolute Gasteiger partial charge is 0.125 e. The lowest BCUT2D eigenvalue weighted by atomic mass is 10.1. The Hall–Kier alpha value is -0.450. The summed E-state index contributed by atoms with van der Waals surface area (Å²) in [5.74, 6) is 0. The fraction of sp³-hybridized carbons (Fsp3) is 0.727. The van der Waals surface area contributed by atoms with Crippen molar-refractivity contribution in [1.29, 1.82) is 0 Å². The van der Waals surface area contributed by atoms with Crippen LogP contribution in [0.2, 0.25) is 0 Å². The molecule has 2 atom stereocenters. The molecule has 0 aliphatic carbocycles. The molecule has 1 heterocycles. The van der Waals surface area contributed by atoms with Crippen LogP contribution in [0.15, 0.2) is 0 Å². The maximum atomic E-state index is 9.56. The Morgan fingerprint density at radius 1 is 1.60 bits per heavy atom. The van der Waals surface area contributed by atoms with Crippen LogP contribution < -0.4 is 0 Å². The lowest BCUT2D eigenvalue weighted by Crippen LogP contribution is -2.22. The number of hydrogen-bond acceptors (Lipinski definition) is 4. The lowest BCUT2D eigenvalue weighted by Gasteiger charge is -2.23. The second-order valence-corrected chi connectivity index (χ2v) is 4.96. The van der Waals surface area contributed by atoms with Gasteiger partial charge in [0.2, 0.25) is 0 Å². The van der Waals surface area contributed by atoms with Gasteiger partial charge in [0, 0.05) is 7.11 Å². The summed E-state index contributed by atoms with van der Waals surface area (Å²) in [5, 5.41) is 10.5. The Morgan fingerprint density at radius 3 is 2.53 bits per heavy atom. The molecule has 1 aromatic heterocycles. The molecule has 4 heteroatoms. The highest BCUT2D eigenvalue weighted by molar-refractivity contribution is 7.12. The van der Waals surface area contributed by atoms with Crippen molar-refractivity contribution in [2.75, 3.05) is 7.11 Å². The van der Waals surface area contributed by atoms with Crippen molar-refractivity contribution in [3.63, 3.8) is 0 Å². The zero-order valence-corrected chi connectivity index (χ0v) is 10.8. The van der Waals surface area contributed by atoms with Crippen LogP contribution >= 0.6 is 11.3 Å². The third kappa shape index (κ3) is 2.38. The van der Waals surface area contributed by atoms with Crippen molar-refractivity contribution in [3.8, 4) is 0 Å². The molecule has 0 fully saturated rings. The second kappa shape index (κ2) is 4.60. The van der Waals surface area contributed by atoms with Gasteiger partial charge in [0.05, 0.1) is 16.7 Å². The first kappa shape index (κ1) is 12.6. The first-order valence-corrected chi connectivity index (χ1v) is 5.97. The average molecular weight is 229 g/mol. The number of rotatable bonds is 4. The predicted octanol–water partition coefficient (Wildman–Crippen LogP) is 2.78. The highest BCUT2D eigenvalue weighted by Crippen LogP contribution is 2.35. The number of aliphatic hydroxyl groups excluding tert-OH is 1. The molecule has 0 aromatic carbocycles. The molecule has 3 nitrogen and oxygen atoms in total. The largest absolute Gasteiger partial charge is 0.388 e. The maximum absolute atomic E-state index is 9.56. The summed E-state index contributed by atoms with van der Waals surface area (Å²) in [6.07, 6.45) is 0.421. The van der Waals surface area contributed by atoms with Crippen LogP contribution in [0.3, 0.4) is 0 Å². The van der Waals surface area contributed by atoms with E-state index in [4.69, 9.17) is 4.74 Å². The first-order valence-electron chi connectivity index (χ1n) is 5.15. The summed E-state index contributed by atoms with van der Waals surface area (Å²) in [7, 11) is 1.70. The molecule has 1 N–H and O–H groups in total. The third-order valence-electron chi connectivity index (χ3n) is 2.79. The minimum atomic E-state index is -0.450. The van der Waals surface area contributed by atoms with E-state index in [1.807, 2.05) is 13.8 Å². The van der Waals surface area contributed by atoms with E-state index in [2.05, 4.69) is 11.9 Å². The molecule has 1 rings (SSSR count). The van der Waals surface area contributed by atoms with E-state index in [0.717, 1.165) is 22.0 Å². The van der Waals surface area contributed by atoms with E-state index >= 15 is 0 Å². The molecule has 1 aromatic rings. The van der Waals surface area contributed by atoms with Crippen LogP contribution in [0.5, 0.6) is 0 Å². The van der Waals surface area contributed by atoms with E-state index in [0.29, 0.717) is 0 Å². The van der Waals surface area contributed by atoms with Gasteiger partial charge in [0.1, 0.15) is 10.6 Å². The molecule has 0 radical (unpaired) electrons. The van der Waals surface area contributed by atoms with Gasteiger partial charge in [-0.3, -0.25) is 0 Å². The van der Waals surface area contributed by atoms with Gasteiger partial charge >= 0.3 is 0 Å². The molecule has 15 heavy (non-hydrogen) atoms. The van der Waals surface area contributed by atoms with Gasteiger partial charge in [0.25, 0.3) is 0 Å². The predicted molar refractivity (Wildman–Crippen MR) is 62.1 cm³/mol. The van der Waals surface area contributed by atoms with Gasteiger partial charge < -0.3 is 9.84 Å². The number of nitrogens with zero attached hydrogens (tertiary/aromatic N) is 1. The minimum absolute atomic E-state index is 0.331. The van der Waals surface area contributed by atoms with Crippen LogP contribution in [0.25, 0.3) is 0 Å². The number of aryl methyl sites for hydroxylation is 1. The molecule has 2 unspecified atom stereocenters. The molecule has 86 valence electrons. The molecule has 0 saturated heterocycles. The van der Waals surface area contributed by atoms with Crippen molar-refractivity contribution in [3.05, 3.63) is 15.6 Å². The van der Waals surface area contributed by atoms with Crippen molar-refractivity contribution in [2.45, 2.75) is 45.8 Å². The van der Waals surface area contributed by atoms with Crippen LogP contribution in [0.4, 0.5) is 0 Å². The second-order valence-electron chi connectivity index (χ2n) is 3.93. The van der Waals surface area contributed by atoms with Gasteiger partial charge in [-0.2, -0.15) is 0 Å². The van der Waals surface area contributed by atoms with E-state index in [1.54, 1.807) is 14.0 Å². The molecule has 0 aliphatic heterocycles. The van der Waals surface area contributed by atoms with Crippen molar-refractivity contribution >= 4 is 11.3 Å². The average Bonchev–Trinajstić information content (AvgIpc) is 2.59. The third-order valence-corrected chi connectivity index (χ3v) is 4.36. The normalized spacial score (nSPS) is 17.5. The molecule has 0 spiro atoms. The summed E-state index contributed by atoms with van der Waals surface area (Å²) in [6, 6.07) is 0. The highest BCUT2D eigenvalue weighted by atomic mass is 32.1. The Bertz CT molecular complexity index is 329. The Balaban J connectivity index is 3.11. The van der Waals surface area contributed by atoms with Gasteiger partial charge in [-0.25, -0.2) is 4.98 Å². The van der Waals surface area contributed by atoms with E-state index in [1.165, 1.54) is 11.3 Å². The van der Waals surface area contributed by atoms with Crippen molar-refractivity contribution < 1.29 is 9.84 Å². The fourth-order valence-electron chi connectivity index (χ4n) is 1.40. The van der Waals surface area contributed by atoms with Crippen molar-refractivity contribution in [1.82, 2.24) is 4.98 Å².